The zero-order valence-electron chi connectivity index (χ0n) is 17.8. The zero-order chi connectivity index (χ0) is 24.6. The minimum absolute atomic E-state index is 0.0792. The van der Waals surface area contributed by atoms with Gasteiger partial charge in [0.2, 0.25) is 17.7 Å². The minimum Gasteiger partial charge on any atom is -0.465 e. The van der Waals surface area contributed by atoms with E-state index in [0.29, 0.717) is 9.54 Å². The maximum absolute atomic E-state index is 15.4. The molecule has 1 aromatic carbocycles. The Bertz CT molecular complexity index is 1500. The van der Waals surface area contributed by atoms with Crippen molar-refractivity contribution in [3.05, 3.63) is 72.0 Å². The average molecular weight is 489 g/mol. The van der Waals surface area contributed by atoms with Gasteiger partial charge in [0.1, 0.15) is 5.69 Å². The third-order valence-corrected chi connectivity index (χ3v) is 6.55. The van der Waals surface area contributed by atoms with Gasteiger partial charge in [-0.25, -0.2) is 26.6 Å². The molecule has 3 aromatic heterocycles. The van der Waals surface area contributed by atoms with E-state index in [4.69, 9.17) is 9.52 Å². The van der Waals surface area contributed by atoms with Crippen molar-refractivity contribution in [2.75, 3.05) is 7.05 Å². The molecule has 0 spiro atoms. The predicted molar refractivity (Wildman–Crippen MR) is 114 cm³/mol. The molecule has 0 saturated carbocycles. The lowest BCUT2D eigenvalue weighted by atomic mass is 10.2. The summed E-state index contributed by atoms with van der Waals surface area (Å²) in [6.45, 7) is 1.10. The number of benzene rings is 1. The highest BCUT2D eigenvalue weighted by molar-refractivity contribution is 7.90. The van der Waals surface area contributed by atoms with Gasteiger partial charge >= 0.3 is 6.09 Å². The third-order valence-electron chi connectivity index (χ3n) is 4.90. The molecule has 1 N–H and O–H groups in total. The molecule has 10 nitrogen and oxygen atoms in total. The second-order valence-electron chi connectivity index (χ2n) is 7.25. The SMILES string of the molecule is Cc1nnc(-c2cccc(S(=O)(=O)n3cc(CN(C)C(=O)O)c(F)c3-c3cccnc3F)c2)o1. The Balaban J connectivity index is 1.91. The first-order valence-electron chi connectivity index (χ1n) is 9.70. The molecule has 0 fully saturated rings. The summed E-state index contributed by atoms with van der Waals surface area (Å²) in [6, 6.07) is 8.01. The van der Waals surface area contributed by atoms with E-state index in [9.17, 15) is 17.6 Å². The van der Waals surface area contributed by atoms with Gasteiger partial charge in [0.05, 0.1) is 17.0 Å². The lowest BCUT2D eigenvalue weighted by Gasteiger charge is -2.11. The van der Waals surface area contributed by atoms with Gasteiger partial charge in [0, 0.05) is 37.5 Å². The highest BCUT2D eigenvalue weighted by Crippen LogP contribution is 2.33. The van der Waals surface area contributed by atoms with Gasteiger partial charge in [0.25, 0.3) is 10.0 Å². The molecule has 0 aliphatic rings. The van der Waals surface area contributed by atoms with Gasteiger partial charge in [0.15, 0.2) is 5.82 Å². The molecule has 0 atom stereocenters. The largest absolute Gasteiger partial charge is 0.465 e. The van der Waals surface area contributed by atoms with Crippen LogP contribution in [0.25, 0.3) is 22.7 Å². The maximum Gasteiger partial charge on any atom is 0.407 e. The number of amides is 1. The Morgan fingerprint density at radius 2 is 1.97 bits per heavy atom. The van der Waals surface area contributed by atoms with Gasteiger partial charge in [-0.3, -0.25) is 0 Å². The number of hydrogen-bond acceptors (Lipinski definition) is 7. The Labute approximate surface area is 192 Å². The van der Waals surface area contributed by atoms with Crippen molar-refractivity contribution >= 4 is 16.1 Å². The number of rotatable bonds is 6. The molecule has 1 amide bonds. The number of hydrogen-bond donors (Lipinski definition) is 1. The van der Waals surface area contributed by atoms with Crippen LogP contribution in [0.15, 0.2) is 58.1 Å². The first kappa shape index (κ1) is 23.0. The van der Waals surface area contributed by atoms with Crippen LogP contribution in [-0.4, -0.2) is 50.7 Å². The fraction of sp³-hybridized carbons (Fsp3) is 0.143. The van der Waals surface area contributed by atoms with Crippen LogP contribution in [0, 0.1) is 18.7 Å². The number of aryl methyl sites for hydroxylation is 1. The van der Waals surface area contributed by atoms with Crippen molar-refractivity contribution in [1.82, 2.24) is 24.1 Å². The zero-order valence-corrected chi connectivity index (χ0v) is 18.6. The van der Waals surface area contributed by atoms with Crippen molar-refractivity contribution < 1.29 is 31.5 Å². The van der Waals surface area contributed by atoms with Crippen LogP contribution >= 0.6 is 0 Å². The van der Waals surface area contributed by atoms with Crippen LogP contribution in [0.2, 0.25) is 0 Å². The monoisotopic (exact) mass is 489 g/mol. The van der Waals surface area contributed by atoms with E-state index < -0.39 is 45.7 Å². The molecule has 4 aromatic rings. The molecular weight excluding hydrogens is 472 g/mol. The van der Waals surface area contributed by atoms with Crippen molar-refractivity contribution in [3.63, 3.8) is 0 Å². The fourth-order valence-electron chi connectivity index (χ4n) is 3.25. The van der Waals surface area contributed by atoms with Crippen LogP contribution in [-0.2, 0) is 16.6 Å². The minimum atomic E-state index is -4.49. The molecule has 0 aliphatic carbocycles. The molecule has 0 bridgehead atoms. The van der Waals surface area contributed by atoms with E-state index in [-0.39, 0.29) is 22.2 Å². The Hall–Kier alpha value is -4.13. The van der Waals surface area contributed by atoms with Crippen LogP contribution in [0.4, 0.5) is 13.6 Å². The van der Waals surface area contributed by atoms with Crippen LogP contribution in [0.5, 0.6) is 0 Å². The van der Waals surface area contributed by atoms with Gasteiger partial charge in [-0.2, -0.15) is 4.39 Å². The Morgan fingerprint density at radius 1 is 1.21 bits per heavy atom. The summed E-state index contributed by atoms with van der Waals surface area (Å²) in [6.07, 6.45) is 0.703. The van der Waals surface area contributed by atoms with E-state index in [1.165, 1.54) is 37.4 Å². The molecular formula is C21H17F2N5O5S. The third kappa shape index (κ3) is 4.12. The second kappa shape index (κ2) is 8.67. The number of pyridine rings is 1. The summed E-state index contributed by atoms with van der Waals surface area (Å²) < 4.78 is 63.0. The van der Waals surface area contributed by atoms with Crippen molar-refractivity contribution in [2.45, 2.75) is 18.4 Å². The summed E-state index contributed by atoms with van der Waals surface area (Å²) in [4.78, 5) is 15.2. The lowest BCUT2D eigenvalue weighted by Crippen LogP contribution is -2.24. The van der Waals surface area contributed by atoms with E-state index in [1.807, 2.05) is 0 Å². The molecule has 4 rings (SSSR count). The highest BCUT2D eigenvalue weighted by atomic mass is 32.2. The molecule has 0 unspecified atom stereocenters. The van der Waals surface area contributed by atoms with Crippen LogP contribution in [0.3, 0.4) is 0 Å². The number of nitrogens with zero attached hydrogens (tertiary/aromatic N) is 5. The van der Waals surface area contributed by atoms with Gasteiger partial charge in [-0.05, 0) is 30.3 Å². The summed E-state index contributed by atoms with van der Waals surface area (Å²) >= 11 is 0. The second-order valence-corrected chi connectivity index (χ2v) is 9.07. The first-order chi connectivity index (χ1) is 16.1. The van der Waals surface area contributed by atoms with Crippen LogP contribution in [0.1, 0.15) is 11.5 Å². The van der Waals surface area contributed by atoms with Gasteiger partial charge in [-0.15, -0.1) is 10.2 Å². The molecule has 176 valence electrons. The maximum atomic E-state index is 15.4. The standard InChI is InChI=1S/C21H17F2N5O5S/c1-12-25-26-20(33-12)13-5-3-6-15(9-13)34(31,32)28-11-14(10-27(2)21(29)30)17(22)18(28)16-7-4-8-24-19(16)23/h3-9,11H,10H2,1-2H3,(H,29,30). The topological polar surface area (TPSA) is 131 Å². The van der Waals surface area contributed by atoms with Crippen LogP contribution < -0.4 is 0 Å². The number of aromatic nitrogens is 4. The molecule has 0 aliphatic heterocycles. The molecule has 0 radical (unpaired) electrons. The summed E-state index contributed by atoms with van der Waals surface area (Å²) in [7, 11) is -3.30. The van der Waals surface area contributed by atoms with E-state index in [2.05, 4.69) is 15.2 Å². The van der Waals surface area contributed by atoms with E-state index in [1.54, 1.807) is 13.0 Å². The molecule has 34 heavy (non-hydrogen) atoms. The molecule has 13 heteroatoms. The Kier molecular flexibility index (Phi) is 5.87. The average Bonchev–Trinajstić information content (AvgIpc) is 3.38. The fourth-order valence-corrected chi connectivity index (χ4v) is 4.69. The summed E-state index contributed by atoms with van der Waals surface area (Å²) in [5, 5.41) is 16.7. The Morgan fingerprint density at radius 3 is 2.62 bits per heavy atom. The normalized spacial score (nSPS) is 11.5. The number of carboxylic acid groups (broad SMARTS) is 1. The summed E-state index contributed by atoms with van der Waals surface area (Å²) in [5.74, 6) is -1.83. The number of carbonyl (C=O) groups is 1. The highest BCUT2D eigenvalue weighted by Gasteiger charge is 2.29. The van der Waals surface area contributed by atoms with E-state index >= 15 is 4.39 Å². The molecule has 0 saturated heterocycles. The van der Waals surface area contributed by atoms with Crippen molar-refractivity contribution in [2.24, 2.45) is 0 Å². The van der Waals surface area contributed by atoms with Crippen molar-refractivity contribution in [1.29, 1.82) is 0 Å². The predicted octanol–water partition coefficient (Wildman–Crippen LogP) is 3.53. The van der Waals surface area contributed by atoms with E-state index in [0.717, 1.165) is 17.3 Å². The lowest BCUT2D eigenvalue weighted by molar-refractivity contribution is 0.153. The quantitative estimate of drug-likeness (QED) is 0.407. The smallest absolute Gasteiger partial charge is 0.407 e. The van der Waals surface area contributed by atoms with Crippen molar-refractivity contribution in [3.8, 4) is 22.7 Å². The van der Waals surface area contributed by atoms with Gasteiger partial charge in [-0.1, -0.05) is 6.07 Å². The summed E-state index contributed by atoms with van der Waals surface area (Å²) in [5.41, 5.74) is -0.987. The van der Waals surface area contributed by atoms with Gasteiger partial charge < -0.3 is 14.4 Å². The molecule has 3 heterocycles. The first-order valence-corrected chi connectivity index (χ1v) is 11.1. The number of halogens is 2.